The maximum absolute atomic E-state index is 11.8. The Morgan fingerprint density at radius 3 is 2.96 bits per heavy atom. The third-order valence-electron chi connectivity index (χ3n) is 3.23. The first-order valence-electron chi connectivity index (χ1n) is 7.32. The lowest BCUT2D eigenvalue weighted by molar-refractivity contribution is -0.139. The summed E-state index contributed by atoms with van der Waals surface area (Å²) < 4.78 is 11.6. The van der Waals surface area contributed by atoms with Gasteiger partial charge in [0.1, 0.15) is 17.4 Å². The Balaban J connectivity index is 1.64. The van der Waals surface area contributed by atoms with E-state index in [2.05, 4.69) is 20.9 Å². The fraction of sp³-hybridized carbons (Fsp3) is 0.111. The zero-order chi connectivity index (χ0) is 17.6. The molecule has 0 spiro atoms. The highest BCUT2D eigenvalue weighted by atomic mass is 79.9. The summed E-state index contributed by atoms with van der Waals surface area (Å²) in [6.07, 6.45) is 3.17. The average Bonchev–Trinajstić information content (AvgIpc) is 3.30. The van der Waals surface area contributed by atoms with E-state index in [1.807, 2.05) is 41.1 Å². The Morgan fingerprint density at radius 2 is 2.20 bits per heavy atom. The Kier molecular flexibility index (Phi) is 6.01. The monoisotopic (exact) mass is 435 g/mol. The number of thiazole rings is 1. The lowest BCUT2D eigenvalue weighted by Gasteiger charge is -2.06. The smallest absolute Gasteiger partial charge is 0.331 e. The number of thiophene rings is 1. The van der Waals surface area contributed by atoms with Crippen LogP contribution in [0.2, 0.25) is 0 Å². The lowest BCUT2D eigenvalue weighted by Crippen LogP contribution is -2.00. The molecule has 0 saturated heterocycles. The number of aromatic nitrogens is 1. The third-order valence-corrected chi connectivity index (χ3v) is 5.49. The van der Waals surface area contributed by atoms with E-state index < -0.39 is 0 Å². The summed E-state index contributed by atoms with van der Waals surface area (Å²) in [6.45, 7) is 0.139. The summed E-state index contributed by atoms with van der Waals surface area (Å²) in [5, 5.41) is 4.66. The molecule has 3 aromatic rings. The van der Waals surface area contributed by atoms with Crippen LogP contribution in [0.4, 0.5) is 0 Å². The van der Waals surface area contributed by atoms with Crippen molar-refractivity contribution in [2.75, 3.05) is 7.11 Å². The Morgan fingerprint density at radius 1 is 1.32 bits per heavy atom. The molecule has 0 aliphatic carbocycles. The molecule has 4 nitrogen and oxygen atoms in total. The van der Waals surface area contributed by atoms with Gasteiger partial charge in [0.25, 0.3) is 0 Å². The molecule has 0 bridgehead atoms. The number of benzene rings is 1. The molecule has 0 fully saturated rings. The molecule has 1 aromatic carbocycles. The second-order valence-electron chi connectivity index (χ2n) is 4.95. The third kappa shape index (κ3) is 4.78. The molecular weight excluding hydrogens is 422 g/mol. The Labute approximate surface area is 161 Å². The molecule has 0 aliphatic heterocycles. The van der Waals surface area contributed by atoms with Crippen LogP contribution in [0.25, 0.3) is 16.6 Å². The molecular formula is C18H14BrNO3S2. The van der Waals surface area contributed by atoms with Crippen LogP contribution in [0.1, 0.15) is 10.6 Å². The first-order chi connectivity index (χ1) is 12.2. The molecule has 0 N–H and O–H groups in total. The van der Waals surface area contributed by atoms with Gasteiger partial charge in [-0.3, -0.25) is 0 Å². The lowest BCUT2D eigenvalue weighted by atomic mass is 10.2. The topological polar surface area (TPSA) is 48.4 Å². The highest BCUT2D eigenvalue weighted by Crippen LogP contribution is 2.34. The summed E-state index contributed by atoms with van der Waals surface area (Å²) in [5.74, 6) is 0.364. The number of methoxy groups -OCH3 is 1. The van der Waals surface area contributed by atoms with Gasteiger partial charge in [-0.05, 0) is 35.7 Å². The van der Waals surface area contributed by atoms with E-state index in [1.165, 1.54) is 17.4 Å². The SMILES string of the molecule is COc1ccc(Br)cc1-c1nc(COC(=O)/C=C/c2cccs2)cs1. The highest BCUT2D eigenvalue weighted by Gasteiger charge is 2.12. The summed E-state index contributed by atoms with van der Waals surface area (Å²) in [5.41, 5.74) is 1.61. The van der Waals surface area contributed by atoms with E-state index in [-0.39, 0.29) is 12.6 Å². The predicted octanol–water partition coefficient (Wildman–Crippen LogP) is 5.40. The molecule has 3 rings (SSSR count). The minimum absolute atomic E-state index is 0.139. The van der Waals surface area contributed by atoms with Crippen molar-refractivity contribution in [3.8, 4) is 16.3 Å². The van der Waals surface area contributed by atoms with Crippen molar-refractivity contribution >= 4 is 50.6 Å². The number of esters is 1. The molecule has 0 aliphatic rings. The fourth-order valence-electron chi connectivity index (χ4n) is 2.07. The van der Waals surface area contributed by atoms with Crippen molar-refractivity contribution in [3.63, 3.8) is 0 Å². The van der Waals surface area contributed by atoms with E-state index in [0.29, 0.717) is 5.69 Å². The maximum Gasteiger partial charge on any atom is 0.331 e. The number of nitrogens with zero attached hydrogens (tertiary/aromatic N) is 1. The first-order valence-corrected chi connectivity index (χ1v) is 9.87. The van der Waals surface area contributed by atoms with Gasteiger partial charge in [-0.25, -0.2) is 9.78 Å². The van der Waals surface area contributed by atoms with Crippen LogP contribution in [0.15, 0.2) is 51.6 Å². The van der Waals surface area contributed by atoms with Crippen molar-refractivity contribution in [3.05, 3.63) is 62.2 Å². The van der Waals surface area contributed by atoms with Crippen LogP contribution in [0.3, 0.4) is 0 Å². The Bertz CT molecular complexity index is 888. The molecule has 25 heavy (non-hydrogen) atoms. The number of carbonyl (C=O) groups is 1. The fourth-order valence-corrected chi connectivity index (χ4v) is 3.88. The van der Waals surface area contributed by atoms with Crippen molar-refractivity contribution in [1.82, 2.24) is 4.98 Å². The van der Waals surface area contributed by atoms with Gasteiger partial charge in [-0.15, -0.1) is 22.7 Å². The van der Waals surface area contributed by atoms with Crippen molar-refractivity contribution in [2.45, 2.75) is 6.61 Å². The quantitative estimate of drug-likeness (QED) is 0.384. The van der Waals surface area contributed by atoms with Crippen LogP contribution in [0.5, 0.6) is 5.75 Å². The summed E-state index contributed by atoms with van der Waals surface area (Å²) >= 11 is 6.51. The summed E-state index contributed by atoms with van der Waals surface area (Å²) in [6, 6.07) is 9.63. The van der Waals surface area contributed by atoms with E-state index in [4.69, 9.17) is 9.47 Å². The van der Waals surface area contributed by atoms with E-state index in [0.717, 1.165) is 25.7 Å². The predicted molar refractivity (Wildman–Crippen MR) is 105 cm³/mol. The second-order valence-corrected chi connectivity index (χ2v) is 7.70. The van der Waals surface area contributed by atoms with Crippen LogP contribution < -0.4 is 4.74 Å². The second kappa shape index (κ2) is 8.42. The number of halogens is 1. The normalized spacial score (nSPS) is 11.0. The molecule has 0 saturated carbocycles. The van der Waals surface area contributed by atoms with E-state index in [9.17, 15) is 4.79 Å². The highest BCUT2D eigenvalue weighted by molar-refractivity contribution is 9.10. The number of rotatable bonds is 6. The minimum atomic E-state index is -0.386. The zero-order valence-corrected chi connectivity index (χ0v) is 16.5. The van der Waals surface area contributed by atoms with Gasteiger partial charge in [-0.1, -0.05) is 22.0 Å². The standard InChI is InChI=1S/C18H14BrNO3S2/c1-22-16-6-4-12(19)9-15(16)18-20-13(11-25-18)10-23-17(21)7-5-14-3-2-8-24-14/h2-9,11H,10H2,1H3/b7-5+. The molecule has 0 radical (unpaired) electrons. The minimum Gasteiger partial charge on any atom is -0.496 e. The number of carbonyl (C=O) groups excluding carboxylic acids is 1. The largest absolute Gasteiger partial charge is 0.496 e. The molecule has 2 heterocycles. The van der Waals surface area contributed by atoms with Crippen LogP contribution in [-0.4, -0.2) is 18.1 Å². The molecule has 0 unspecified atom stereocenters. The van der Waals surface area contributed by atoms with Crippen molar-refractivity contribution in [1.29, 1.82) is 0 Å². The van der Waals surface area contributed by atoms with E-state index >= 15 is 0 Å². The number of hydrogen-bond acceptors (Lipinski definition) is 6. The van der Waals surface area contributed by atoms with Gasteiger partial charge in [-0.2, -0.15) is 0 Å². The van der Waals surface area contributed by atoms with Gasteiger partial charge in [0, 0.05) is 20.8 Å². The van der Waals surface area contributed by atoms with Crippen LogP contribution in [-0.2, 0) is 16.1 Å². The molecule has 128 valence electrons. The van der Waals surface area contributed by atoms with Gasteiger partial charge in [0.05, 0.1) is 18.4 Å². The van der Waals surface area contributed by atoms with Crippen LogP contribution >= 0.6 is 38.6 Å². The van der Waals surface area contributed by atoms with Crippen molar-refractivity contribution < 1.29 is 14.3 Å². The van der Waals surface area contributed by atoms with Gasteiger partial charge in [0.15, 0.2) is 0 Å². The van der Waals surface area contributed by atoms with Gasteiger partial charge in [0.2, 0.25) is 0 Å². The van der Waals surface area contributed by atoms with Gasteiger partial charge >= 0.3 is 5.97 Å². The molecule has 2 aromatic heterocycles. The van der Waals surface area contributed by atoms with Crippen LogP contribution in [0, 0.1) is 0 Å². The van der Waals surface area contributed by atoms with Crippen molar-refractivity contribution in [2.24, 2.45) is 0 Å². The number of ether oxygens (including phenoxy) is 2. The van der Waals surface area contributed by atoms with E-state index in [1.54, 1.807) is 24.5 Å². The average molecular weight is 436 g/mol. The number of hydrogen-bond donors (Lipinski definition) is 0. The first kappa shape index (κ1) is 17.8. The summed E-state index contributed by atoms with van der Waals surface area (Å²) in [7, 11) is 1.63. The maximum atomic E-state index is 11.8. The Hall–Kier alpha value is -1.96. The zero-order valence-electron chi connectivity index (χ0n) is 13.3. The van der Waals surface area contributed by atoms with Gasteiger partial charge < -0.3 is 9.47 Å². The molecule has 0 amide bonds. The summed E-state index contributed by atoms with van der Waals surface area (Å²) in [4.78, 5) is 17.3. The molecule has 7 heteroatoms. The molecule has 0 atom stereocenters.